The molecule has 2 heteroatoms. The molecule has 111 valence electrons. The van der Waals surface area contributed by atoms with E-state index in [4.69, 9.17) is 4.74 Å². The third-order valence-corrected chi connectivity index (χ3v) is 3.13. The van der Waals surface area contributed by atoms with Crippen LogP contribution in [0.15, 0.2) is 12.2 Å². The van der Waals surface area contributed by atoms with Gasteiger partial charge in [0.25, 0.3) is 0 Å². The summed E-state index contributed by atoms with van der Waals surface area (Å²) in [6.45, 7) is 7.51. The van der Waals surface area contributed by atoms with E-state index in [1.807, 2.05) is 0 Å². The molecule has 0 amide bonds. The molecule has 0 bridgehead atoms. The van der Waals surface area contributed by atoms with Gasteiger partial charge in [-0.3, -0.25) is 4.79 Å². The van der Waals surface area contributed by atoms with E-state index >= 15 is 0 Å². The van der Waals surface area contributed by atoms with Crippen molar-refractivity contribution in [2.75, 3.05) is 0 Å². The molecule has 1 radical (unpaired) electrons. The van der Waals surface area contributed by atoms with E-state index in [-0.39, 0.29) is 12.1 Å². The van der Waals surface area contributed by atoms with Gasteiger partial charge in [0.15, 0.2) is 0 Å². The maximum Gasteiger partial charge on any atom is 0.303 e. The SMILES string of the molecule is [CH2]CCCCCCC=CC(CCCCC)OC(C)=O. The molecule has 0 saturated heterocycles. The molecule has 0 spiro atoms. The van der Waals surface area contributed by atoms with Crippen molar-refractivity contribution in [3.63, 3.8) is 0 Å². The van der Waals surface area contributed by atoms with Crippen molar-refractivity contribution in [2.24, 2.45) is 0 Å². The minimum Gasteiger partial charge on any atom is -0.458 e. The Morgan fingerprint density at radius 2 is 1.89 bits per heavy atom. The maximum atomic E-state index is 11.0. The van der Waals surface area contributed by atoms with E-state index in [0.29, 0.717) is 0 Å². The molecule has 0 aliphatic carbocycles. The van der Waals surface area contributed by atoms with Crippen LogP contribution in [-0.2, 0) is 9.53 Å². The van der Waals surface area contributed by atoms with Crippen molar-refractivity contribution in [1.29, 1.82) is 0 Å². The van der Waals surface area contributed by atoms with Gasteiger partial charge in [0, 0.05) is 6.92 Å². The minimum absolute atomic E-state index is 0.0242. The highest BCUT2D eigenvalue weighted by Gasteiger charge is 2.07. The summed E-state index contributed by atoms with van der Waals surface area (Å²) in [4.78, 5) is 11.0. The molecule has 0 heterocycles. The van der Waals surface area contributed by atoms with E-state index < -0.39 is 0 Å². The molecule has 0 aromatic heterocycles. The zero-order valence-corrected chi connectivity index (χ0v) is 12.8. The van der Waals surface area contributed by atoms with Crippen molar-refractivity contribution in [1.82, 2.24) is 0 Å². The summed E-state index contributed by atoms with van der Waals surface area (Å²) < 4.78 is 5.31. The quantitative estimate of drug-likeness (QED) is 0.275. The highest BCUT2D eigenvalue weighted by atomic mass is 16.5. The maximum absolute atomic E-state index is 11.0. The molecule has 0 saturated carbocycles. The van der Waals surface area contributed by atoms with Crippen LogP contribution in [0.2, 0.25) is 0 Å². The largest absolute Gasteiger partial charge is 0.458 e. The number of unbranched alkanes of at least 4 members (excludes halogenated alkanes) is 7. The van der Waals surface area contributed by atoms with Crippen LogP contribution in [0.25, 0.3) is 0 Å². The minimum atomic E-state index is -0.179. The van der Waals surface area contributed by atoms with Crippen molar-refractivity contribution in [2.45, 2.75) is 84.2 Å². The molecule has 0 N–H and O–H groups in total. The molecule has 19 heavy (non-hydrogen) atoms. The summed E-state index contributed by atoms with van der Waals surface area (Å²) in [5.74, 6) is -0.179. The van der Waals surface area contributed by atoms with Crippen LogP contribution in [-0.4, -0.2) is 12.1 Å². The first-order chi connectivity index (χ1) is 9.20. The highest BCUT2D eigenvalue weighted by molar-refractivity contribution is 5.66. The van der Waals surface area contributed by atoms with Gasteiger partial charge in [0.1, 0.15) is 6.10 Å². The number of carbonyl (C=O) groups excluding carboxylic acids is 1. The molecule has 0 rings (SSSR count). The molecule has 0 aromatic carbocycles. The van der Waals surface area contributed by atoms with Crippen molar-refractivity contribution in [3.8, 4) is 0 Å². The second-order valence-electron chi connectivity index (χ2n) is 5.13. The van der Waals surface area contributed by atoms with Gasteiger partial charge in [-0.25, -0.2) is 0 Å². The van der Waals surface area contributed by atoms with Gasteiger partial charge in [-0.2, -0.15) is 0 Å². The second kappa shape index (κ2) is 13.6. The first-order valence-corrected chi connectivity index (χ1v) is 7.83. The van der Waals surface area contributed by atoms with Crippen molar-refractivity contribution < 1.29 is 9.53 Å². The number of hydrogen-bond acceptors (Lipinski definition) is 2. The fourth-order valence-corrected chi connectivity index (χ4v) is 2.04. The van der Waals surface area contributed by atoms with Crippen LogP contribution in [0.4, 0.5) is 0 Å². The Bertz CT molecular complexity index is 233. The number of carbonyl (C=O) groups is 1. The lowest BCUT2D eigenvalue weighted by molar-refractivity contribution is -0.144. The number of hydrogen-bond donors (Lipinski definition) is 0. The zero-order chi connectivity index (χ0) is 14.3. The van der Waals surface area contributed by atoms with Gasteiger partial charge in [-0.05, 0) is 31.8 Å². The van der Waals surface area contributed by atoms with E-state index in [1.165, 1.54) is 45.4 Å². The molecule has 0 fully saturated rings. The third kappa shape index (κ3) is 13.4. The molecule has 0 aliphatic heterocycles. The van der Waals surface area contributed by atoms with Crippen LogP contribution in [0, 0.1) is 6.92 Å². The van der Waals surface area contributed by atoms with Gasteiger partial charge in [0.2, 0.25) is 0 Å². The second-order valence-corrected chi connectivity index (χ2v) is 5.13. The zero-order valence-electron chi connectivity index (χ0n) is 12.8. The Morgan fingerprint density at radius 3 is 2.53 bits per heavy atom. The Hall–Kier alpha value is -0.790. The fourth-order valence-electron chi connectivity index (χ4n) is 2.04. The predicted octanol–water partition coefficient (Wildman–Crippen LogP) is 5.23. The first kappa shape index (κ1) is 18.2. The first-order valence-electron chi connectivity index (χ1n) is 7.83. The average Bonchev–Trinajstić information content (AvgIpc) is 2.37. The summed E-state index contributed by atoms with van der Waals surface area (Å²) in [5, 5.41) is 0. The van der Waals surface area contributed by atoms with E-state index in [9.17, 15) is 4.79 Å². The Balaban J connectivity index is 3.78. The number of ether oxygens (including phenoxy) is 1. The summed E-state index contributed by atoms with van der Waals surface area (Å²) in [7, 11) is 0. The van der Waals surface area contributed by atoms with Crippen molar-refractivity contribution >= 4 is 5.97 Å². The topological polar surface area (TPSA) is 26.3 Å². The normalized spacial score (nSPS) is 12.8. The third-order valence-electron chi connectivity index (χ3n) is 3.13. The Morgan fingerprint density at radius 1 is 1.16 bits per heavy atom. The lowest BCUT2D eigenvalue weighted by atomic mass is 10.1. The molecule has 1 atom stereocenters. The number of esters is 1. The van der Waals surface area contributed by atoms with Gasteiger partial charge in [-0.1, -0.05) is 58.4 Å². The molecule has 2 nitrogen and oxygen atoms in total. The van der Waals surface area contributed by atoms with Crippen LogP contribution >= 0.6 is 0 Å². The predicted molar refractivity (Wildman–Crippen MR) is 81.9 cm³/mol. The van der Waals surface area contributed by atoms with E-state index in [0.717, 1.165) is 25.7 Å². The van der Waals surface area contributed by atoms with Gasteiger partial charge >= 0.3 is 5.97 Å². The Labute approximate surface area is 119 Å². The number of rotatable bonds is 12. The summed E-state index contributed by atoms with van der Waals surface area (Å²) in [5.41, 5.74) is 0. The van der Waals surface area contributed by atoms with Crippen LogP contribution in [0.5, 0.6) is 0 Å². The van der Waals surface area contributed by atoms with Crippen molar-refractivity contribution in [3.05, 3.63) is 19.1 Å². The van der Waals surface area contributed by atoms with E-state index in [2.05, 4.69) is 26.0 Å². The smallest absolute Gasteiger partial charge is 0.303 e. The van der Waals surface area contributed by atoms with E-state index in [1.54, 1.807) is 0 Å². The van der Waals surface area contributed by atoms with Crippen LogP contribution in [0.3, 0.4) is 0 Å². The lowest BCUT2D eigenvalue weighted by Crippen LogP contribution is -2.13. The standard InChI is InChI=1S/C17H31O2/c1-4-6-8-9-10-11-13-15-17(19-16(3)18)14-12-7-5-2/h13,15,17H,1,4-12,14H2,2-3H3. The van der Waals surface area contributed by atoms with Gasteiger partial charge < -0.3 is 4.74 Å². The molecule has 0 aliphatic rings. The molecule has 1 unspecified atom stereocenters. The lowest BCUT2D eigenvalue weighted by Gasteiger charge is -2.12. The van der Waals surface area contributed by atoms with Gasteiger partial charge in [-0.15, -0.1) is 0 Å². The van der Waals surface area contributed by atoms with Crippen LogP contribution in [0.1, 0.15) is 78.1 Å². The fraction of sp³-hybridized carbons (Fsp3) is 0.765. The molecular formula is C17H31O2. The summed E-state index contributed by atoms with van der Waals surface area (Å²) >= 11 is 0. The average molecular weight is 267 g/mol. The number of allylic oxidation sites excluding steroid dienone is 1. The Kier molecular flexibility index (Phi) is 13.1. The summed E-state index contributed by atoms with van der Waals surface area (Å²) in [6.07, 6.45) is 15.8. The summed E-state index contributed by atoms with van der Waals surface area (Å²) in [6, 6.07) is 0. The molecule has 0 aromatic rings. The monoisotopic (exact) mass is 267 g/mol. The molecular weight excluding hydrogens is 236 g/mol. The van der Waals surface area contributed by atoms with Gasteiger partial charge in [0.05, 0.1) is 0 Å². The van der Waals surface area contributed by atoms with Crippen LogP contribution < -0.4 is 0 Å². The highest BCUT2D eigenvalue weighted by Crippen LogP contribution is 2.10.